The number of benzene rings is 2. The van der Waals surface area contributed by atoms with Gasteiger partial charge in [-0.1, -0.05) is 41.9 Å². The first-order chi connectivity index (χ1) is 23.5. The SMILES string of the molecule is C[C@H](O)C(O)(O)C(=O)N1CCN(c2nc(OCC34CCCN3CCC4)nc3c(F)c(-c4cccc5cccc(Cl)c45)ncc23)C[C@@H]1CC#N. The quantitative estimate of drug-likeness (QED) is 0.232. The van der Waals surface area contributed by atoms with E-state index >= 15 is 4.39 Å². The topological polar surface area (TPSA) is 159 Å². The molecule has 14 heteroatoms. The molecular formula is C35H37ClFN7O5. The number of hydrogen-bond donors (Lipinski definition) is 3. The molecule has 0 spiro atoms. The molecule has 3 aliphatic rings. The van der Waals surface area contributed by atoms with Gasteiger partial charge in [0.2, 0.25) is 0 Å². The third kappa shape index (κ3) is 5.81. The Hall–Kier alpha value is -4.19. The minimum absolute atomic E-state index is 0.00296. The number of aromatic nitrogens is 3. The largest absolute Gasteiger partial charge is 0.461 e. The molecule has 0 unspecified atom stereocenters. The Kier molecular flexibility index (Phi) is 8.79. The van der Waals surface area contributed by atoms with Crippen LogP contribution in [0.2, 0.25) is 5.02 Å². The van der Waals surface area contributed by atoms with E-state index < -0.39 is 29.7 Å². The van der Waals surface area contributed by atoms with Gasteiger partial charge in [0.05, 0.1) is 29.5 Å². The van der Waals surface area contributed by atoms with Gasteiger partial charge in [0, 0.05) is 41.8 Å². The van der Waals surface area contributed by atoms with Crippen LogP contribution in [0.4, 0.5) is 10.2 Å². The van der Waals surface area contributed by atoms with E-state index in [4.69, 9.17) is 21.3 Å². The van der Waals surface area contributed by atoms with Gasteiger partial charge in [-0.05, 0) is 57.1 Å². The van der Waals surface area contributed by atoms with Crippen LogP contribution < -0.4 is 9.64 Å². The number of nitriles is 1. The number of piperazine rings is 1. The number of carbonyl (C=O) groups is 1. The van der Waals surface area contributed by atoms with Crippen LogP contribution in [0.25, 0.3) is 32.9 Å². The fourth-order valence-corrected chi connectivity index (χ4v) is 7.94. The molecule has 256 valence electrons. The molecule has 0 bridgehead atoms. The average molecular weight is 690 g/mol. The van der Waals surface area contributed by atoms with Crippen molar-refractivity contribution in [2.45, 2.75) is 62.5 Å². The van der Waals surface area contributed by atoms with Gasteiger partial charge in [-0.15, -0.1) is 0 Å². The van der Waals surface area contributed by atoms with E-state index in [1.54, 1.807) is 17.0 Å². The maximum absolute atomic E-state index is 16.8. The smallest absolute Gasteiger partial charge is 0.319 e. The lowest BCUT2D eigenvalue weighted by Gasteiger charge is -2.43. The van der Waals surface area contributed by atoms with Crippen LogP contribution in [0.1, 0.15) is 39.0 Å². The summed E-state index contributed by atoms with van der Waals surface area (Å²) in [5, 5.41) is 42.4. The second kappa shape index (κ2) is 12.9. The molecule has 7 rings (SSSR count). The second-order valence-corrected chi connectivity index (χ2v) is 13.6. The number of carbonyl (C=O) groups excluding carboxylic acids is 1. The lowest BCUT2D eigenvalue weighted by molar-refractivity contribution is -0.228. The predicted molar refractivity (Wildman–Crippen MR) is 180 cm³/mol. The fraction of sp³-hybridized carbons (Fsp3) is 0.457. The Bertz CT molecular complexity index is 1960. The molecule has 3 aliphatic heterocycles. The highest BCUT2D eigenvalue weighted by molar-refractivity contribution is 6.36. The summed E-state index contributed by atoms with van der Waals surface area (Å²) in [6.07, 6.45) is 3.74. The van der Waals surface area contributed by atoms with Gasteiger partial charge in [-0.3, -0.25) is 14.7 Å². The molecule has 2 aromatic heterocycles. The predicted octanol–water partition coefficient (Wildman–Crippen LogP) is 3.64. The maximum atomic E-state index is 16.8. The van der Waals surface area contributed by atoms with Crippen molar-refractivity contribution in [1.29, 1.82) is 5.26 Å². The highest BCUT2D eigenvalue weighted by atomic mass is 35.5. The van der Waals surface area contributed by atoms with Gasteiger partial charge in [0.25, 0.3) is 11.7 Å². The number of ether oxygens (including phenoxy) is 1. The van der Waals surface area contributed by atoms with Crippen LogP contribution in [-0.2, 0) is 4.79 Å². The van der Waals surface area contributed by atoms with Crippen LogP contribution >= 0.6 is 11.6 Å². The molecule has 0 saturated carbocycles. The summed E-state index contributed by atoms with van der Waals surface area (Å²) in [6, 6.07) is 12.2. The Balaban J connectivity index is 1.31. The summed E-state index contributed by atoms with van der Waals surface area (Å²) in [4.78, 5) is 32.5. The summed E-state index contributed by atoms with van der Waals surface area (Å²) in [7, 11) is 0. The Morgan fingerprint density at radius 1 is 1.16 bits per heavy atom. The normalized spacial score (nSPS) is 20.1. The Morgan fingerprint density at radius 3 is 2.61 bits per heavy atom. The first kappa shape index (κ1) is 33.3. The van der Waals surface area contributed by atoms with E-state index in [-0.39, 0.29) is 48.8 Å². The third-order valence-corrected chi connectivity index (χ3v) is 10.6. The van der Waals surface area contributed by atoms with Gasteiger partial charge in [-0.25, -0.2) is 4.39 Å². The van der Waals surface area contributed by atoms with Gasteiger partial charge >= 0.3 is 6.01 Å². The zero-order valence-corrected chi connectivity index (χ0v) is 27.8. The van der Waals surface area contributed by atoms with Gasteiger partial charge in [0.15, 0.2) is 5.82 Å². The van der Waals surface area contributed by atoms with E-state index in [1.807, 2.05) is 24.3 Å². The van der Waals surface area contributed by atoms with E-state index in [0.29, 0.717) is 33.8 Å². The molecule has 5 heterocycles. The van der Waals surface area contributed by atoms with E-state index in [0.717, 1.165) is 51.1 Å². The van der Waals surface area contributed by atoms with Gasteiger partial charge in [-0.2, -0.15) is 15.2 Å². The maximum Gasteiger partial charge on any atom is 0.319 e. The minimum atomic E-state index is -3.03. The van der Waals surface area contributed by atoms with Crippen molar-refractivity contribution in [1.82, 2.24) is 24.8 Å². The van der Waals surface area contributed by atoms with Crippen molar-refractivity contribution in [3.63, 3.8) is 0 Å². The fourth-order valence-electron chi connectivity index (χ4n) is 7.65. The number of hydrogen-bond acceptors (Lipinski definition) is 11. The van der Waals surface area contributed by atoms with E-state index in [2.05, 4.69) is 20.9 Å². The summed E-state index contributed by atoms with van der Waals surface area (Å²) < 4.78 is 23.1. The number of anilines is 1. The Labute approximate surface area is 287 Å². The minimum Gasteiger partial charge on any atom is -0.461 e. The lowest BCUT2D eigenvalue weighted by Crippen LogP contribution is -2.63. The zero-order valence-electron chi connectivity index (χ0n) is 27.0. The van der Waals surface area contributed by atoms with Crippen molar-refractivity contribution in [3.8, 4) is 23.3 Å². The molecule has 2 atom stereocenters. The van der Waals surface area contributed by atoms with Crippen LogP contribution in [-0.4, -0.2) is 109 Å². The number of fused-ring (bicyclic) bond motifs is 3. The number of halogens is 2. The van der Waals surface area contributed by atoms with Crippen LogP contribution in [0.15, 0.2) is 42.6 Å². The number of pyridine rings is 1. The first-order valence-electron chi connectivity index (χ1n) is 16.5. The van der Waals surface area contributed by atoms with Crippen LogP contribution in [0, 0.1) is 17.1 Å². The van der Waals surface area contributed by atoms with Crippen molar-refractivity contribution in [2.24, 2.45) is 0 Å². The van der Waals surface area contributed by atoms with Crippen molar-refractivity contribution in [3.05, 3.63) is 53.4 Å². The highest BCUT2D eigenvalue weighted by Gasteiger charge is 2.46. The molecule has 2 aromatic carbocycles. The van der Waals surface area contributed by atoms with Gasteiger partial charge in [0.1, 0.15) is 29.7 Å². The summed E-state index contributed by atoms with van der Waals surface area (Å²) in [6.45, 7) is 3.64. The molecule has 49 heavy (non-hydrogen) atoms. The number of nitrogens with zero attached hydrogens (tertiary/aromatic N) is 7. The number of aliphatic hydroxyl groups is 3. The van der Waals surface area contributed by atoms with Gasteiger partial charge < -0.3 is 29.9 Å². The molecule has 0 aliphatic carbocycles. The summed E-state index contributed by atoms with van der Waals surface area (Å²) >= 11 is 6.60. The molecular weight excluding hydrogens is 653 g/mol. The summed E-state index contributed by atoms with van der Waals surface area (Å²) in [5.74, 6) is -4.50. The third-order valence-electron chi connectivity index (χ3n) is 10.3. The second-order valence-electron chi connectivity index (χ2n) is 13.2. The standard InChI is InChI=1S/C35H37ClFN7O5/c1-21(45)35(47,48)32(46)44-17-16-42(19-23(44)10-13-38)31-25-18-39-29(24-8-2-6-22-7-3-9-26(36)27(22)24)28(37)30(25)40-33(41-31)49-20-34-11-4-14-43(34)15-5-12-34/h2-3,6-9,18,21,23,45,47-48H,4-5,10-12,14-17,19-20H2,1H3/t21-,23-/m0/s1. The van der Waals surface area contributed by atoms with Crippen molar-refractivity contribution < 1.29 is 29.2 Å². The molecule has 0 radical (unpaired) electrons. The molecule has 4 aromatic rings. The van der Waals surface area contributed by atoms with Crippen LogP contribution in [0.3, 0.4) is 0 Å². The average Bonchev–Trinajstić information content (AvgIpc) is 3.68. The van der Waals surface area contributed by atoms with Crippen molar-refractivity contribution >= 4 is 45.0 Å². The van der Waals surface area contributed by atoms with E-state index in [9.17, 15) is 25.4 Å². The summed E-state index contributed by atoms with van der Waals surface area (Å²) in [5.41, 5.74) is 0.452. The molecule has 3 N–H and O–H groups in total. The molecule has 3 saturated heterocycles. The zero-order chi connectivity index (χ0) is 34.5. The number of amides is 1. The lowest BCUT2D eigenvalue weighted by atomic mass is 9.95. The highest BCUT2D eigenvalue weighted by Crippen LogP contribution is 2.40. The molecule has 3 fully saturated rings. The Morgan fingerprint density at radius 2 is 1.90 bits per heavy atom. The molecule has 12 nitrogen and oxygen atoms in total. The first-order valence-corrected chi connectivity index (χ1v) is 16.9. The molecule has 1 amide bonds. The monoisotopic (exact) mass is 689 g/mol. The number of aliphatic hydroxyl groups excluding tert-OH is 1. The number of rotatable bonds is 8. The van der Waals surface area contributed by atoms with Crippen LogP contribution in [0.5, 0.6) is 6.01 Å². The van der Waals surface area contributed by atoms with E-state index in [1.165, 1.54) is 11.1 Å². The van der Waals surface area contributed by atoms with Crippen molar-refractivity contribution in [2.75, 3.05) is 44.2 Å².